The van der Waals surface area contributed by atoms with E-state index in [1.807, 2.05) is 26.0 Å². The fraction of sp³-hybridized carbons (Fsp3) is 0.682. The summed E-state index contributed by atoms with van der Waals surface area (Å²) in [5.41, 5.74) is 1.69. The maximum Gasteiger partial charge on any atom is 0.243 e. The van der Waals surface area contributed by atoms with E-state index in [0.717, 1.165) is 36.8 Å². The first-order valence-electron chi connectivity index (χ1n) is 10.8. The molecule has 0 radical (unpaired) electrons. The maximum atomic E-state index is 13.2. The highest BCUT2D eigenvalue weighted by atomic mass is 32.2. The third kappa shape index (κ3) is 5.15. The first-order chi connectivity index (χ1) is 13.4. The van der Waals surface area contributed by atoms with E-state index in [2.05, 4.69) is 5.32 Å². The van der Waals surface area contributed by atoms with Gasteiger partial charge < -0.3 is 5.32 Å². The van der Waals surface area contributed by atoms with Crippen molar-refractivity contribution in [1.29, 1.82) is 0 Å². The number of nitrogens with zero attached hydrogens (tertiary/aromatic N) is 1. The van der Waals surface area contributed by atoms with Crippen LogP contribution in [-0.4, -0.2) is 37.8 Å². The molecule has 1 atom stereocenters. The third-order valence-electron chi connectivity index (χ3n) is 6.17. The van der Waals surface area contributed by atoms with Crippen LogP contribution in [0.25, 0.3) is 0 Å². The molecule has 1 aliphatic carbocycles. The van der Waals surface area contributed by atoms with Crippen LogP contribution >= 0.6 is 0 Å². The Labute approximate surface area is 169 Å². The summed E-state index contributed by atoms with van der Waals surface area (Å²) in [6, 6.07) is 5.77. The lowest BCUT2D eigenvalue weighted by Gasteiger charge is -2.33. The van der Waals surface area contributed by atoms with Crippen molar-refractivity contribution in [1.82, 2.24) is 9.62 Å². The van der Waals surface area contributed by atoms with E-state index in [9.17, 15) is 13.2 Å². The molecule has 2 aliphatic rings. The fourth-order valence-electron chi connectivity index (χ4n) is 4.42. The highest BCUT2D eigenvalue weighted by Gasteiger charge is 2.34. The van der Waals surface area contributed by atoms with Gasteiger partial charge in [-0.2, -0.15) is 4.31 Å². The smallest absolute Gasteiger partial charge is 0.243 e. The van der Waals surface area contributed by atoms with Gasteiger partial charge in [-0.15, -0.1) is 0 Å². The molecule has 0 unspecified atom stereocenters. The summed E-state index contributed by atoms with van der Waals surface area (Å²) in [5.74, 6) is -0.217. The number of piperidine rings is 1. The molecule has 1 aliphatic heterocycles. The van der Waals surface area contributed by atoms with Gasteiger partial charge in [-0.1, -0.05) is 44.2 Å². The molecule has 1 saturated carbocycles. The Morgan fingerprint density at radius 3 is 2.39 bits per heavy atom. The van der Waals surface area contributed by atoms with Crippen LogP contribution < -0.4 is 5.32 Å². The highest BCUT2D eigenvalue weighted by Crippen LogP contribution is 2.27. The van der Waals surface area contributed by atoms with E-state index in [1.54, 1.807) is 6.07 Å². The van der Waals surface area contributed by atoms with Gasteiger partial charge in [0, 0.05) is 19.1 Å². The molecule has 1 aromatic rings. The van der Waals surface area contributed by atoms with Crippen molar-refractivity contribution in [3.05, 3.63) is 29.3 Å². The van der Waals surface area contributed by atoms with Crippen molar-refractivity contribution in [2.24, 2.45) is 5.92 Å². The normalized spacial score (nSPS) is 23.0. The zero-order chi connectivity index (χ0) is 20.1. The molecule has 1 saturated heterocycles. The van der Waals surface area contributed by atoms with E-state index < -0.39 is 10.0 Å². The van der Waals surface area contributed by atoms with Crippen LogP contribution in [0.4, 0.5) is 0 Å². The topological polar surface area (TPSA) is 66.5 Å². The van der Waals surface area contributed by atoms with Crippen LogP contribution in [0.15, 0.2) is 23.1 Å². The van der Waals surface area contributed by atoms with Crippen molar-refractivity contribution >= 4 is 15.9 Å². The molecule has 6 heteroatoms. The minimum atomic E-state index is -3.57. The molecule has 1 amide bonds. The maximum absolute atomic E-state index is 13.2. The molecule has 0 spiro atoms. The van der Waals surface area contributed by atoms with Crippen molar-refractivity contribution in [3.63, 3.8) is 0 Å². The van der Waals surface area contributed by atoms with Crippen molar-refractivity contribution < 1.29 is 13.2 Å². The summed E-state index contributed by atoms with van der Waals surface area (Å²) in [4.78, 5) is 13.2. The second-order valence-corrected chi connectivity index (χ2v) is 10.4. The Hall–Kier alpha value is -1.40. The predicted molar refractivity (Wildman–Crippen MR) is 112 cm³/mol. The molecular formula is C22H34N2O3S. The van der Waals surface area contributed by atoms with Crippen LogP contribution in [0.5, 0.6) is 0 Å². The molecule has 3 rings (SSSR count). The van der Waals surface area contributed by atoms with Gasteiger partial charge in [0.15, 0.2) is 0 Å². The predicted octanol–water partition coefficient (Wildman–Crippen LogP) is 3.93. The molecular weight excluding hydrogens is 372 g/mol. The Bertz CT molecular complexity index is 783. The highest BCUT2D eigenvalue weighted by molar-refractivity contribution is 7.89. The minimum absolute atomic E-state index is 0.0337. The molecule has 1 aromatic carbocycles. The van der Waals surface area contributed by atoms with Gasteiger partial charge in [-0.25, -0.2) is 8.42 Å². The molecule has 1 N–H and O–H groups in total. The monoisotopic (exact) mass is 406 g/mol. The van der Waals surface area contributed by atoms with E-state index in [-0.39, 0.29) is 24.4 Å². The number of rotatable bonds is 4. The fourth-order valence-corrected chi connectivity index (χ4v) is 6.25. The first-order valence-corrected chi connectivity index (χ1v) is 12.2. The number of hydrogen-bond donors (Lipinski definition) is 1. The zero-order valence-electron chi connectivity index (χ0n) is 17.2. The van der Waals surface area contributed by atoms with Crippen molar-refractivity contribution in [2.75, 3.05) is 13.1 Å². The summed E-state index contributed by atoms with van der Waals surface area (Å²) < 4.78 is 27.9. The average Bonchev–Trinajstić information content (AvgIpc) is 2.65. The van der Waals surface area contributed by atoms with Crippen molar-refractivity contribution in [3.8, 4) is 0 Å². The Kier molecular flexibility index (Phi) is 7.15. The third-order valence-corrected chi connectivity index (χ3v) is 8.18. The zero-order valence-corrected chi connectivity index (χ0v) is 18.1. The summed E-state index contributed by atoms with van der Waals surface area (Å²) >= 11 is 0. The number of carbonyl (C=O) groups is 1. The van der Waals surface area contributed by atoms with Gasteiger partial charge in [0.1, 0.15) is 0 Å². The van der Waals surface area contributed by atoms with E-state index in [4.69, 9.17) is 0 Å². The van der Waals surface area contributed by atoms with Gasteiger partial charge in [-0.05, 0) is 56.7 Å². The molecule has 0 aromatic heterocycles. The average molecular weight is 407 g/mol. The van der Waals surface area contributed by atoms with E-state index in [1.165, 1.54) is 36.4 Å². The lowest BCUT2D eigenvalue weighted by molar-refractivity contribution is -0.126. The number of sulfonamides is 1. The van der Waals surface area contributed by atoms with E-state index >= 15 is 0 Å². The second kappa shape index (κ2) is 9.40. The van der Waals surface area contributed by atoms with Gasteiger partial charge in [-0.3, -0.25) is 4.79 Å². The van der Waals surface area contributed by atoms with Gasteiger partial charge >= 0.3 is 0 Å². The first kappa shape index (κ1) is 21.3. The molecule has 156 valence electrons. The summed E-state index contributed by atoms with van der Waals surface area (Å²) in [5, 5.41) is 3.23. The van der Waals surface area contributed by atoms with Crippen molar-refractivity contribution in [2.45, 2.75) is 82.6 Å². The second-order valence-electron chi connectivity index (χ2n) is 8.52. The summed E-state index contributed by atoms with van der Waals surface area (Å²) in [6.07, 6.45) is 9.71. The molecule has 0 bridgehead atoms. The van der Waals surface area contributed by atoms with Crippen LogP contribution in [0, 0.1) is 19.8 Å². The quantitative estimate of drug-likeness (QED) is 0.824. The standard InChI is InChI=1S/C22H34N2O3S/c1-17-12-13-18(2)21(15-17)28(26,27)24-14-8-9-19(16-24)22(25)23-20-10-6-4-3-5-7-11-20/h12-13,15,19-20H,3-11,14,16H2,1-2H3,(H,23,25)/t19-/m1/s1. The van der Waals surface area contributed by atoms with Gasteiger partial charge in [0.2, 0.25) is 15.9 Å². The summed E-state index contributed by atoms with van der Waals surface area (Å²) in [7, 11) is -3.57. The molecule has 5 nitrogen and oxygen atoms in total. The van der Waals surface area contributed by atoms with Gasteiger partial charge in [0.25, 0.3) is 0 Å². The van der Waals surface area contributed by atoms with Gasteiger partial charge in [0.05, 0.1) is 10.8 Å². The molecule has 28 heavy (non-hydrogen) atoms. The number of hydrogen-bond acceptors (Lipinski definition) is 3. The lowest BCUT2D eigenvalue weighted by atomic mass is 9.94. The van der Waals surface area contributed by atoms with Crippen LogP contribution in [-0.2, 0) is 14.8 Å². The summed E-state index contributed by atoms with van der Waals surface area (Å²) in [6.45, 7) is 4.51. The number of amides is 1. The lowest BCUT2D eigenvalue weighted by Crippen LogP contribution is -2.47. The Morgan fingerprint density at radius 2 is 1.68 bits per heavy atom. The largest absolute Gasteiger partial charge is 0.353 e. The number of nitrogens with one attached hydrogen (secondary N) is 1. The number of aryl methyl sites for hydroxylation is 2. The van der Waals surface area contributed by atoms with Crippen LogP contribution in [0.3, 0.4) is 0 Å². The number of carbonyl (C=O) groups excluding carboxylic acids is 1. The van der Waals surface area contributed by atoms with E-state index in [0.29, 0.717) is 11.4 Å². The SMILES string of the molecule is Cc1ccc(C)c(S(=O)(=O)N2CCC[C@@H](C(=O)NC3CCCCCCC3)C2)c1. The Morgan fingerprint density at radius 1 is 1.00 bits per heavy atom. The molecule has 2 fully saturated rings. The molecule has 1 heterocycles. The van der Waals surface area contributed by atoms with Crippen LogP contribution in [0.2, 0.25) is 0 Å². The number of benzene rings is 1. The Balaban J connectivity index is 1.67. The minimum Gasteiger partial charge on any atom is -0.353 e. The van der Waals surface area contributed by atoms with Crippen LogP contribution in [0.1, 0.15) is 68.9 Å².